The van der Waals surface area contributed by atoms with Crippen molar-refractivity contribution in [2.45, 2.75) is 6.61 Å². The minimum absolute atomic E-state index is 0.447. The summed E-state index contributed by atoms with van der Waals surface area (Å²) >= 11 is 0. The Morgan fingerprint density at radius 2 is 2.12 bits per heavy atom. The minimum Gasteiger partial charge on any atom is -0.382 e. The van der Waals surface area contributed by atoms with Gasteiger partial charge >= 0.3 is 0 Å². The number of piperazine rings is 1. The van der Waals surface area contributed by atoms with E-state index in [-0.39, 0.29) is 0 Å². The number of rotatable bonds is 6. The van der Waals surface area contributed by atoms with E-state index in [1.165, 1.54) is 0 Å². The first-order valence-electron chi connectivity index (χ1n) is 5.84. The standard InChI is InChI=1S/C10H19N5O2/c1-16-6-7-17-8-9-12-10(14-13-9)15-4-2-11-3-5-15/h11H,2-8H2,1H3,(H,12,13,14). The van der Waals surface area contributed by atoms with Crippen molar-refractivity contribution in [1.82, 2.24) is 20.5 Å². The lowest BCUT2D eigenvalue weighted by atomic mass is 10.4. The van der Waals surface area contributed by atoms with E-state index < -0.39 is 0 Å². The first-order chi connectivity index (χ1) is 8.40. The van der Waals surface area contributed by atoms with Gasteiger partial charge in [0.2, 0.25) is 5.95 Å². The molecular weight excluding hydrogens is 222 g/mol. The van der Waals surface area contributed by atoms with Crippen molar-refractivity contribution in [2.75, 3.05) is 51.4 Å². The SMILES string of the molecule is COCCOCc1nc(N2CCNCC2)n[nH]1. The van der Waals surface area contributed by atoms with Gasteiger partial charge in [-0.15, -0.1) is 5.10 Å². The molecule has 0 unspecified atom stereocenters. The maximum Gasteiger partial charge on any atom is 0.244 e. The summed E-state index contributed by atoms with van der Waals surface area (Å²) in [6.45, 7) is 5.47. The molecule has 1 aromatic heterocycles. The number of hydrogen-bond donors (Lipinski definition) is 2. The second kappa shape index (κ2) is 6.53. The molecule has 0 spiro atoms. The number of nitrogens with one attached hydrogen (secondary N) is 2. The van der Waals surface area contributed by atoms with Crippen molar-refractivity contribution in [3.05, 3.63) is 5.82 Å². The van der Waals surface area contributed by atoms with Crippen LogP contribution in [0.25, 0.3) is 0 Å². The van der Waals surface area contributed by atoms with Crippen LogP contribution in [0.1, 0.15) is 5.82 Å². The first kappa shape index (κ1) is 12.3. The summed E-state index contributed by atoms with van der Waals surface area (Å²) in [5.41, 5.74) is 0. The Morgan fingerprint density at radius 1 is 1.29 bits per heavy atom. The molecule has 0 bridgehead atoms. The lowest BCUT2D eigenvalue weighted by Gasteiger charge is -2.25. The molecule has 0 radical (unpaired) electrons. The van der Waals surface area contributed by atoms with E-state index in [1.54, 1.807) is 7.11 Å². The molecule has 1 fully saturated rings. The highest BCUT2D eigenvalue weighted by molar-refractivity contribution is 5.29. The maximum atomic E-state index is 5.37. The molecule has 2 rings (SSSR count). The number of aromatic nitrogens is 3. The molecule has 2 heterocycles. The van der Waals surface area contributed by atoms with Crippen molar-refractivity contribution in [3.8, 4) is 0 Å². The number of methoxy groups -OCH3 is 1. The quantitative estimate of drug-likeness (QED) is 0.646. The van der Waals surface area contributed by atoms with Gasteiger partial charge in [-0.3, -0.25) is 5.10 Å². The largest absolute Gasteiger partial charge is 0.382 e. The van der Waals surface area contributed by atoms with E-state index in [0.717, 1.165) is 38.0 Å². The summed E-state index contributed by atoms with van der Waals surface area (Å²) < 4.78 is 10.3. The molecule has 17 heavy (non-hydrogen) atoms. The third kappa shape index (κ3) is 3.65. The average molecular weight is 241 g/mol. The number of H-pyrrole nitrogens is 1. The third-order valence-electron chi connectivity index (χ3n) is 2.59. The van der Waals surface area contributed by atoms with Crippen LogP contribution in [0.15, 0.2) is 0 Å². The van der Waals surface area contributed by atoms with Crippen LogP contribution in [-0.2, 0) is 16.1 Å². The molecule has 0 saturated carbocycles. The summed E-state index contributed by atoms with van der Waals surface area (Å²) in [6.07, 6.45) is 0. The fourth-order valence-electron chi connectivity index (χ4n) is 1.67. The molecule has 7 nitrogen and oxygen atoms in total. The molecule has 7 heteroatoms. The van der Waals surface area contributed by atoms with Gasteiger partial charge in [-0.05, 0) is 0 Å². The Hall–Kier alpha value is -1.18. The zero-order valence-electron chi connectivity index (χ0n) is 10.1. The number of nitrogens with zero attached hydrogens (tertiary/aromatic N) is 3. The average Bonchev–Trinajstić information content (AvgIpc) is 2.85. The van der Waals surface area contributed by atoms with Crippen molar-refractivity contribution in [1.29, 1.82) is 0 Å². The highest BCUT2D eigenvalue weighted by Gasteiger charge is 2.14. The topological polar surface area (TPSA) is 75.3 Å². The molecule has 1 saturated heterocycles. The Kier molecular flexibility index (Phi) is 4.72. The molecule has 0 aromatic carbocycles. The smallest absolute Gasteiger partial charge is 0.244 e. The van der Waals surface area contributed by atoms with Crippen LogP contribution in [0.2, 0.25) is 0 Å². The summed E-state index contributed by atoms with van der Waals surface area (Å²) in [5.74, 6) is 1.52. The minimum atomic E-state index is 0.447. The summed E-state index contributed by atoms with van der Waals surface area (Å²) in [5, 5.41) is 10.4. The normalized spacial score (nSPS) is 16.4. The number of aromatic amines is 1. The van der Waals surface area contributed by atoms with Crippen molar-refractivity contribution < 1.29 is 9.47 Å². The zero-order valence-corrected chi connectivity index (χ0v) is 10.1. The predicted octanol–water partition coefficient (Wildman–Crippen LogP) is -0.623. The number of ether oxygens (including phenoxy) is 2. The zero-order chi connectivity index (χ0) is 11.9. The highest BCUT2D eigenvalue weighted by Crippen LogP contribution is 2.08. The summed E-state index contributed by atoms with van der Waals surface area (Å²) in [4.78, 5) is 6.56. The van der Waals surface area contributed by atoms with Gasteiger partial charge in [0.25, 0.3) is 0 Å². The lowest BCUT2D eigenvalue weighted by Crippen LogP contribution is -2.44. The first-order valence-corrected chi connectivity index (χ1v) is 5.84. The molecule has 0 atom stereocenters. The van der Waals surface area contributed by atoms with E-state index in [0.29, 0.717) is 19.8 Å². The van der Waals surface area contributed by atoms with Crippen LogP contribution >= 0.6 is 0 Å². The Morgan fingerprint density at radius 3 is 2.88 bits per heavy atom. The molecule has 2 N–H and O–H groups in total. The van der Waals surface area contributed by atoms with Crippen LogP contribution in [0.5, 0.6) is 0 Å². The maximum absolute atomic E-state index is 5.37. The van der Waals surface area contributed by atoms with Gasteiger partial charge in [0, 0.05) is 33.3 Å². The fourth-order valence-corrected chi connectivity index (χ4v) is 1.67. The van der Waals surface area contributed by atoms with Gasteiger partial charge in [-0.25, -0.2) is 0 Å². The van der Waals surface area contributed by atoms with E-state index in [4.69, 9.17) is 9.47 Å². The lowest BCUT2D eigenvalue weighted by molar-refractivity contribution is 0.0587. The second-order valence-corrected chi connectivity index (χ2v) is 3.86. The molecule has 0 amide bonds. The summed E-state index contributed by atoms with van der Waals surface area (Å²) in [6, 6.07) is 0. The third-order valence-corrected chi connectivity index (χ3v) is 2.59. The van der Waals surface area contributed by atoms with E-state index in [2.05, 4.69) is 25.4 Å². The monoisotopic (exact) mass is 241 g/mol. The fraction of sp³-hybridized carbons (Fsp3) is 0.800. The molecule has 0 aliphatic carbocycles. The summed E-state index contributed by atoms with van der Waals surface area (Å²) in [7, 11) is 1.65. The van der Waals surface area contributed by atoms with E-state index in [9.17, 15) is 0 Å². The van der Waals surface area contributed by atoms with Gasteiger partial charge in [-0.1, -0.05) is 0 Å². The van der Waals surface area contributed by atoms with Crippen molar-refractivity contribution in [2.24, 2.45) is 0 Å². The number of hydrogen-bond acceptors (Lipinski definition) is 6. The predicted molar refractivity (Wildman–Crippen MR) is 63.0 cm³/mol. The molecule has 1 aromatic rings. The van der Waals surface area contributed by atoms with E-state index >= 15 is 0 Å². The van der Waals surface area contributed by atoms with Crippen LogP contribution in [0.4, 0.5) is 5.95 Å². The Bertz CT molecular complexity index is 324. The molecule has 96 valence electrons. The van der Waals surface area contributed by atoms with Crippen LogP contribution in [0, 0.1) is 0 Å². The van der Waals surface area contributed by atoms with Crippen molar-refractivity contribution >= 4 is 5.95 Å². The van der Waals surface area contributed by atoms with Crippen molar-refractivity contribution in [3.63, 3.8) is 0 Å². The van der Waals surface area contributed by atoms with Crippen LogP contribution < -0.4 is 10.2 Å². The van der Waals surface area contributed by atoms with Gasteiger partial charge < -0.3 is 19.7 Å². The molecular formula is C10H19N5O2. The van der Waals surface area contributed by atoms with Gasteiger partial charge in [0.1, 0.15) is 6.61 Å². The van der Waals surface area contributed by atoms with Crippen LogP contribution in [-0.4, -0.2) is 61.7 Å². The number of anilines is 1. The van der Waals surface area contributed by atoms with Gasteiger partial charge in [0.05, 0.1) is 13.2 Å². The Balaban J connectivity index is 1.78. The van der Waals surface area contributed by atoms with E-state index in [1.807, 2.05) is 0 Å². The second-order valence-electron chi connectivity index (χ2n) is 3.86. The molecule has 1 aliphatic rings. The molecule has 1 aliphatic heterocycles. The van der Waals surface area contributed by atoms with Gasteiger partial charge in [0.15, 0.2) is 5.82 Å². The Labute approximate surface area is 100 Å². The van der Waals surface area contributed by atoms with Gasteiger partial charge in [-0.2, -0.15) is 4.98 Å². The highest BCUT2D eigenvalue weighted by atomic mass is 16.5. The van der Waals surface area contributed by atoms with Crippen LogP contribution in [0.3, 0.4) is 0 Å².